The molecule has 0 aliphatic carbocycles. The Morgan fingerprint density at radius 1 is 1.00 bits per heavy atom. The van der Waals surface area contributed by atoms with Crippen molar-refractivity contribution in [1.29, 1.82) is 0 Å². The lowest BCUT2D eigenvalue weighted by Gasteiger charge is -2.19. The summed E-state index contributed by atoms with van der Waals surface area (Å²) in [5, 5.41) is 8.57. The van der Waals surface area contributed by atoms with Crippen molar-refractivity contribution < 1.29 is 9.53 Å². The molecule has 1 heterocycles. The first-order valence-corrected chi connectivity index (χ1v) is 8.61. The highest BCUT2D eigenvalue weighted by Crippen LogP contribution is 2.30. The Morgan fingerprint density at radius 3 is 2.27 bits per heavy atom. The molecule has 5 heteroatoms. The highest BCUT2D eigenvalue weighted by atomic mass is 16.6. The van der Waals surface area contributed by atoms with Crippen LogP contribution in [0.2, 0.25) is 0 Å². The van der Waals surface area contributed by atoms with Crippen molar-refractivity contribution in [1.82, 2.24) is 15.0 Å². The van der Waals surface area contributed by atoms with Crippen molar-refractivity contribution in [2.45, 2.75) is 39.8 Å². The van der Waals surface area contributed by atoms with Gasteiger partial charge >= 0.3 is 5.97 Å². The number of hydrogen-bond donors (Lipinski definition) is 0. The van der Waals surface area contributed by atoms with E-state index in [0.29, 0.717) is 0 Å². The molecule has 134 valence electrons. The highest BCUT2D eigenvalue weighted by Gasteiger charge is 2.21. The SMILES string of the molecule is Cc1ccc(-c2nnn(CC(=O)OC(C)(C)C)c2-c2ccccc2)cc1. The molecule has 0 atom stereocenters. The summed E-state index contributed by atoms with van der Waals surface area (Å²) >= 11 is 0. The maximum absolute atomic E-state index is 12.3. The lowest BCUT2D eigenvalue weighted by atomic mass is 10.0. The molecular weight excluding hydrogens is 326 g/mol. The molecule has 0 saturated heterocycles. The first-order chi connectivity index (χ1) is 12.3. The molecule has 3 aromatic rings. The summed E-state index contributed by atoms with van der Waals surface area (Å²) in [5.41, 5.74) is 4.11. The van der Waals surface area contributed by atoms with Crippen molar-refractivity contribution in [2.75, 3.05) is 0 Å². The van der Waals surface area contributed by atoms with Crippen molar-refractivity contribution in [2.24, 2.45) is 0 Å². The average Bonchev–Trinajstić information content (AvgIpc) is 2.98. The lowest BCUT2D eigenvalue weighted by molar-refractivity contribution is -0.155. The van der Waals surface area contributed by atoms with Crippen LogP contribution in [0.4, 0.5) is 0 Å². The molecule has 0 amide bonds. The second-order valence-electron chi connectivity index (χ2n) is 7.26. The molecular formula is C21H23N3O2. The Balaban J connectivity index is 2.03. The molecule has 0 aliphatic heterocycles. The molecule has 0 unspecified atom stereocenters. The van der Waals surface area contributed by atoms with E-state index in [4.69, 9.17) is 4.74 Å². The van der Waals surface area contributed by atoms with E-state index in [1.54, 1.807) is 4.68 Å². The number of carbonyl (C=O) groups excluding carboxylic acids is 1. The van der Waals surface area contributed by atoms with Crippen molar-refractivity contribution in [3.8, 4) is 22.5 Å². The van der Waals surface area contributed by atoms with Crippen LogP contribution < -0.4 is 0 Å². The number of aryl methyl sites for hydroxylation is 1. The molecule has 26 heavy (non-hydrogen) atoms. The minimum atomic E-state index is -0.537. The zero-order valence-corrected chi connectivity index (χ0v) is 15.6. The molecule has 0 N–H and O–H groups in total. The number of carbonyl (C=O) groups is 1. The number of aromatic nitrogens is 3. The summed E-state index contributed by atoms with van der Waals surface area (Å²) in [4.78, 5) is 12.3. The standard InChI is InChI=1S/C21H23N3O2/c1-15-10-12-16(13-11-15)19-20(17-8-6-5-7-9-17)24(23-22-19)14-18(25)26-21(2,3)4/h5-13H,14H2,1-4H3. The molecule has 3 rings (SSSR count). The largest absolute Gasteiger partial charge is 0.459 e. The molecule has 0 spiro atoms. The van der Waals surface area contributed by atoms with E-state index in [-0.39, 0.29) is 12.5 Å². The summed E-state index contributed by atoms with van der Waals surface area (Å²) in [6.07, 6.45) is 0. The molecule has 5 nitrogen and oxygen atoms in total. The second kappa shape index (κ2) is 7.12. The highest BCUT2D eigenvalue weighted by molar-refractivity contribution is 5.79. The normalized spacial score (nSPS) is 11.4. The van der Waals surface area contributed by atoms with E-state index in [1.165, 1.54) is 5.56 Å². The van der Waals surface area contributed by atoms with E-state index >= 15 is 0 Å². The van der Waals surface area contributed by atoms with Gasteiger partial charge in [-0.3, -0.25) is 4.79 Å². The van der Waals surface area contributed by atoms with E-state index in [2.05, 4.69) is 10.3 Å². The fourth-order valence-electron chi connectivity index (χ4n) is 2.71. The number of hydrogen-bond acceptors (Lipinski definition) is 4. The van der Waals surface area contributed by atoms with Crippen LogP contribution in [0.5, 0.6) is 0 Å². The summed E-state index contributed by atoms with van der Waals surface area (Å²) in [6, 6.07) is 18.0. The van der Waals surface area contributed by atoms with E-state index in [1.807, 2.05) is 82.3 Å². The Labute approximate surface area is 153 Å². The minimum absolute atomic E-state index is 0.0142. The fourth-order valence-corrected chi connectivity index (χ4v) is 2.71. The molecule has 0 aliphatic rings. The van der Waals surface area contributed by atoms with Crippen molar-refractivity contribution in [3.05, 3.63) is 60.2 Å². The van der Waals surface area contributed by atoms with Crippen LogP contribution in [0.15, 0.2) is 54.6 Å². The number of rotatable bonds is 4. The molecule has 0 radical (unpaired) electrons. The van der Waals surface area contributed by atoms with Crippen LogP contribution >= 0.6 is 0 Å². The van der Waals surface area contributed by atoms with Crippen molar-refractivity contribution in [3.63, 3.8) is 0 Å². The van der Waals surface area contributed by atoms with Gasteiger partial charge in [-0.2, -0.15) is 0 Å². The predicted octanol–water partition coefficient (Wildman–Crippen LogP) is 4.26. The van der Waals surface area contributed by atoms with Gasteiger partial charge in [0.25, 0.3) is 0 Å². The summed E-state index contributed by atoms with van der Waals surface area (Å²) < 4.78 is 7.05. The molecule has 2 aromatic carbocycles. The van der Waals surface area contributed by atoms with Gasteiger partial charge in [-0.25, -0.2) is 4.68 Å². The van der Waals surface area contributed by atoms with Gasteiger partial charge in [-0.05, 0) is 27.7 Å². The maximum atomic E-state index is 12.3. The molecule has 0 saturated carbocycles. The van der Waals surface area contributed by atoms with Crippen LogP contribution in [-0.2, 0) is 16.1 Å². The predicted molar refractivity (Wildman–Crippen MR) is 101 cm³/mol. The van der Waals surface area contributed by atoms with Crippen LogP contribution in [0.25, 0.3) is 22.5 Å². The number of benzene rings is 2. The Hall–Kier alpha value is -2.95. The summed E-state index contributed by atoms with van der Waals surface area (Å²) in [5.74, 6) is -0.338. The fraction of sp³-hybridized carbons (Fsp3) is 0.286. The maximum Gasteiger partial charge on any atom is 0.328 e. The Bertz CT molecular complexity index is 891. The Morgan fingerprint density at radius 2 is 1.65 bits per heavy atom. The second-order valence-corrected chi connectivity index (χ2v) is 7.26. The van der Waals surface area contributed by atoms with Gasteiger partial charge in [-0.1, -0.05) is 65.4 Å². The van der Waals surface area contributed by atoms with Gasteiger partial charge < -0.3 is 4.74 Å². The minimum Gasteiger partial charge on any atom is -0.459 e. The third-order valence-electron chi connectivity index (χ3n) is 3.81. The lowest BCUT2D eigenvalue weighted by Crippen LogP contribution is -2.27. The smallest absolute Gasteiger partial charge is 0.328 e. The third-order valence-corrected chi connectivity index (χ3v) is 3.81. The van der Waals surface area contributed by atoms with Crippen LogP contribution in [0.1, 0.15) is 26.3 Å². The van der Waals surface area contributed by atoms with Crippen molar-refractivity contribution >= 4 is 5.97 Å². The number of nitrogens with zero attached hydrogens (tertiary/aromatic N) is 3. The average molecular weight is 349 g/mol. The van der Waals surface area contributed by atoms with E-state index in [0.717, 1.165) is 22.5 Å². The number of ether oxygens (including phenoxy) is 1. The molecule has 0 bridgehead atoms. The summed E-state index contributed by atoms with van der Waals surface area (Å²) in [7, 11) is 0. The van der Waals surface area contributed by atoms with E-state index in [9.17, 15) is 4.79 Å². The zero-order chi connectivity index (χ0) is 18.7. The first-order valence-electron chi connectivity index (χ1n) is 8.61. The van der Waals surface area contributed by atoms with E-state index < -0.39 is 5.60 Å². The zero-order valence-electron chi connectivity index (χ0n) is 15.6. The van der Waals surface area contributed by atoms with Crippen LogP contribution in [0, 0.1) is 6.92 Å². The van der Waals surface area contributed by atoms with Gasteiger partial charge in [0, 0.05) is 11.1 Å². The quantitative estimate of drug-likeness (QED) is 0.660. The van der Waals surface area contributed by atoms with Gasteiger partial charge in [0.05, 0.1) is 5.69 Å². The Kier molecular flexibility index (Phi) is 4.89. The van der Waals surface area contributed by atoms with Gasteiger partial charge in [0.15, 0.2) is 0 Å². The van der Waals surface area contributed by atoms with Gasteiger partial charge in [-0.15, -0.1) is 5.10 Å². The molecule has 1 aromatic heterocycles. The topological polar surface area (TPSA) is 57.0 Å². The van der Waals surface area contributed by atoms with Gasteiger partial charge in [0.2, 0.25) is 0 Å². The van der Waals surface area contributed by atoms with Gasteiger partial charge in [0.1, 0.15) is 17.8 Å². The first kappa shape index (κ1) is 17.9. The number of esters is 1. The summed E-state index contributed by atoms with van der Waals surface area (Å²) in [6.45, 7) is 7.60. The third kappa shape index (κ3) is 4.17. The molecule has 0 fully saturated rings. The monoisotopic (exact) mass is 349 g/mol. The van der Waals surface area contributed by atoms with Crippen LogP contribution in [0.3, 0.4) is 0 Å². The van der Waals surface area contributed by atoms with Crippen LogP contribution in [-0.4, -0.2) is 26.6 Å².